The van der Waals surface area contributed by atoms with E-state index >= 15 is 0 Å². The molecule has 46 heavy (non-hydrogen) atoms. The first-order valence-electron chi connectivity index (χ1n) is 14.8. The number of rotatable bonds is 13. The maximum absolute atomic E-state index is 14.6. The Morgan fingerprint density at radius 3 is 2.15 bits per heavy atom. The largest absolute Gasteiger partial charge is 0.352 e. The Balaban J connectivity index is 1.85. The molecule has 4 aromatic carbocycles. The molecule has 2 amide bonds. The van der Waals surface area contributed by atoms with Gasteiger partial charge in [-0.1, -0.05) is 108 Å². The van der Waals surface area contributed by atoms with Crippen LogP contribution in [0.3, 0.4) is 0 Å². The maximum Gasteiger partial charge on any atom is 0.264 e. The highest BCUT2D eigenvalue weighted by atomic mass is 35.5. The molecule has 7 nitrogen and oxygen atoms in total. The summed E-state index contributed by atoms with van der Waals surface area (Å²) in [5.74, 6) is -1.00. The number of amides is 2. The maximum atomic E-state index is 14.6. The molecule has 2 atom stereocenters. The number of hydrogen-bond donors (Lipinski definition) is 1. The molecule has 0 heterocycles. The van der Waals surface area contributed by atoms with Crippen molar-refractivity contribution in [1.82, 2.24) is 10.2 Å². The van der Waals surface area contributed by atoms with E-state index in [-0.39, 0.29) is 45.5 Å². The van der Waals surface area contributed by atoms with Gasteiger partial charge >= 0.3 is 0 Å². The lowest BCUT2D eigenvalue weighted by atomic mass is 10.0. The van der Waals surface area contributed by atoms with E-state index in [0.717, 1.165) is 15.4 Å². The van der Waals surface area contributed by atoms with Crippen LogP contribution in [0.5, 0.6) is 0 Å². The quantitative estimate of drug-likeness (QED) is 0.155. The smallest absolute Gasteiger partial charge is 0.264 e. The number of halogens is 3. The van der Waals surface area contributed by atoms with Gasteiger partial charge in [-0.15, -0.1) is 0 Å². The summed E-state index contributed by atoms with van der Waals surface area (Å²) in [5.41, 5.74) is 2.32. The first kappa shape index (κ1) is 35.3. The van der Waals surface area contributed by atoms with Crippen molar-refractivity contribution in [2.45, 2.75) is 57.1 Å². The lowest BCUT2D eigenvalue weighted by molar-refractivity contribution is -0.140. The van der Waals surface area contributed by atoms with Crippen LogP contribution in [0.4, 0.5) is 5.69 Å². The van der Waals surface area contributed by atoms with Gasteiger partial charge < -0.3 is 10.2 Å². The van der Waals surface area contributed by atoms with Gasteiger partial charge in [-0.25, -0.2) is 8.42 Å². The Kier molecular flexibility index (Phi) is 12.1. The monoisotopic (exact) mass is 699 g/mol. The van der Waals surface area contributed by atoms with E-state index in [2.05, 4.69) is 5.32 Å². The van der Waals surface area contributed by atoms with Crippen LogP contribution in [0, 0.1) is 6.92 Å². The van der Waals surface area contributed by atoms with Crippen molar-refractivity contribution in [3.8, 4) is 0 Å². The number of nitrogens with zero attached hydrogens (tertiary/aromatic N) is 2. The van der Waals surface area contributed by atoms with Gasteiger partial charge in [0.05, 0.1) is 15.6 Å². The third-order valence-corrected chi connectivity index (χ3v) is 10.3. The Morgan fingerprint density at radius 1 is 0.848 bits per heavy atom. The van der Waals surface area contributed by atoms with Crippen molar-refractivity contribution >= 4 is 62.3 Å². The van der Waals surface area contributed by atoms with Crippen LogP contribution < -0.4 is 9.62 Å². The highest BCUT2D eigenvalue weighted by Crippen LogP contribution is 2.33. The van der Waals surface area contributed by atoms with Gasteiger partial charge in [0.1, 0.15) is 12.6 Å². The molecule has 0 aromatic heterocycles. The first-order valence-corrected chi connectivity index (χ1v) is 17.4. The van der Waals surface area contributed by atoms with Crippen molar-refractivity contribution < 1.29 is 18.0 Å². The zero-order chi connectivity index (χ0) is 33.4. The molecule has 0 fully saturated rings. The average Bonchev–Trinajstić information content (AvgIpc) is 3.04. The fraction of sp³-hybridized carbons (Fsp3) is 0.257. The highest BCUT2D eigenvalue weighted by molar-refractivity contribution is 7.92. The van der Waals surface area contributed by atoms with Crippen molar-refractivity contribution in [3.05, 3.63) is 129 Å². The standard InChI is InChI=1S/C35H36Cl3N3O4S/c1-4-25(3)39-35(43)33(20-26-10-6-5-7-11-26)40(22-27-12-8-9-13-30(27)37)34(42)23-41(32-21-28(36)16-19-31(32)38)46(44,45)29-17-14-24(2)15-18-29/h5-19,21,25,33H,4,20,22-23H2,1-3H3,(H,39,43)/t25-,33-/m1/s1. The SMILES string of the molecule is CC[C@@H](C)NC(=O)[C@@H](Cc1ccccc1)N(Cc1ccccc1Cl)C(=O)CN(c1cc(Cl)ccc1Cl)S(=O)(=O)c1ccc(C)cc1. The topological polar surface area (TPSA) is 86.8 Å². The van der Waals surface area contributed by atoms with E-state index in [0.29, 0.717) is 17.0 Å². The zero-order valence-corrected chi connectivity index (χ0v) is 28.9. The minimum atomic E-state index is -4.33. The molecule has 4 rings (SSSR count). The Hall–Kier alpha value is -3.56. The first-order chi connectivity index (χ1) is 21.9. The van der Waals surface area contributed by atoms with Gasteiger partial charge in [-0.3, -0.25) is 13.9 Å². The summed E-state index contributed by atoms with van der Waals surface area (Å²) in [5, 5.41) is 3.74. The van der Waals surface area contributed by atoms with Crippen molar-refractivity contribution in [2.75, 3.05) is 10.8 Å². The number of carbonyl (C=O) groups is 2. The summed E-state index contributed by atoms with van der Waals surface area (Å²) in [7, 11) is -4.33. The van der Waals surface area contributed by atoms with Crippen LogP contribution in [-0.2, 0) is 32.6 Å². The summed E-state index contributed by atoms with van der Waals surface area (Å²) in [4.78, 5) is 29.9. The number of carbonyl (C=O) groups excluding carboxylic acids is 2. The molecular formula is C35H36Cl3N3O4S. The predicted molar refractivity (Wildman–Crippen MR) is 186 cm³/mol. The number of sulfonamides is 1. The van der Waals surface area contributed by atoms with Crippen LogP contribution >= 0.6 is 34.8 Å². The van der Waals surface area contributed by atoms with Gasteiger partial charge in [0.25, 0.3) is 10.0 Å². The normalized spacial score (nSPS) is 12.7. The molecule has 0 saturated heterocycles. The number of anilines is 1. The molecule has 0 aliphatic heterocycles. The van der Waals surface area contributed by atoms with Gasteiger partial charge in [0.15, 0.2) is 0 Å². The minimum absolute atomic E-state index is 0.0319. The van der Waals surface area contributed by atoms with Gasteiger partial charge in [-0.2, -0.15) is 0 Å². The fourth-order valence-corrected chi connectivity index (χ4v) is 6.89. The second-order valence-corrected chi connectivity index (χ2v) is 14.2. The zero-order valence-electron chi connectivity index (χ0n) is 25.8. The molecule has 4 aromatic rings. The van der Waals surface area contributed by atoms with E-state index in [1.807, 2.05) is 51.1 Å². The summed E-state index contributed by atoms with van der Waals surface area (Å²) >= 11 is 19.4. The van der Waals surface area contributed by atoms with Crippen molar-refractivity contribution in [3.63, 3.8) is 0 Å². The molecule has 0 unspecified atom stereocenters. The average molecular weight is 701 g/mol. The second kappa shape index (κ2) is 15.8. The van der Waals surface area contributed by atoms with Crippen LogP contribution in [-0.4, -0.2) is 43.8 Å². The number of benzene rings is 4. The number of hydrogen-bond acceptors (Lipinski definition) is 4. The molecule has 0 saturated carbocycles. The third kappa shape index (κ3) is 8.82. The molecule has 0 spiro atoms. The number of nitrogens with one attached hydrogen (secondary N) is 1. The molecule has 242 valence electrons. The van der Waals surface area contributed by atoms with E-state index in [1.54, 1.807) is 36.4 Å². The van der Waals surface area contributed by atoms with Gasteiger partial charge in [0, 0.05) is 29.1 Å². The second-order valence-electron chi connectivity index (χ2n) is 11.1. The Morgan fingerprint density at radius 2 is 1.50 bits per heavy atom. The van der Waals surface area contributed by atoms with Crippen LogP contribution in [0.1, 0.15) is 37.0 Å². The third-order valence-electron chi connectivity index (χ3n) is 7.64. The molecule has 1 N–H and O–H groups in total. The van der Waals surface area contributed by atoms with E-state index < -0.39 is 28.5 Å². The molecule has 0 radical (unpaired) electrons. The fourth-order valence-electron chi connectivity index (χ4n) is 4.83. The van der Waals surface area contributed by atoms with Gasteiger partial charge in [0.2, 0.25) is 11.8 Å². The Bertz CT molecular complexity index is 1770. The van der Waals surface area contributed by atoms with Crippen LogP contribution in [0.25, 0.3) is 0 Å². The molecular weight excluding hydrogens is 665 g/mol. The summed E-state index contributed by atoms with van der Waals surface area (Å²) < 4.78 is 29.4. The van der Waals surface area contributed by atoms with Crippen LogP contribution in [0.15, 0.2) is 102 Å². The van der Waals surface area contributed by atoms with Crippen molar-refractivity contribution in [2.24, 2.45) is 0 Å². The van der Waals surface area contributed by atoms with E-state index in [1.165, 1.54) is 35.2 Å². The lowest BCUT2D eigenvalue weighted by Gasteiger charge is -2.34. The van der Waals surface area contributed by atoms with E-state index in [9.17, 15) is 18.0 Å². The summed E-state index contributed by atoms with van der Waals surface area (Å²) in [6.07, 6.45) is 0.861. The predicted octanol–water partition coefficient (Wildman–Crippen LogP) is 7.71. The summed E-state index contributed by atoms with van der Waals surface area (Å²) in [6, 6.07) is 25.9. The summed E-state index contributed by atoms with van der Waals surface area (Å²) in [6.45, 7) is 4.96. The van der Waals surface area contributed by atoms with Gasteiger partial charge in [-0.05, 0) is 67.8 Å². The lowest BCUT2D eigenvalue weighted by Crippen LogP contribution is -2.54. The van der Waals surface area contributed by atoms with Crippen LogP contribution in [0.2, 0.25) is 15.1 Å². The molecule has 0 aliphatic carbocycles. The van der Waals surface area contributed by atoms with Crippen molar-refractivity contribution in [1.29, 1.82) is 0 Å². The highest BCUT2D eigenvalue weighted by Gasteiger charge is 2.36. The molecule has 0 aliphatic rings. The Labute approximate surface area is 286 Å². The number of aryl methyl sites for hydroxylation is 1. The molecule has 11 heteroatoms. The molecule has 0 bridgehead atoms. The van der Waals surface area contributed by atoms with E-state index in [4.69, 9.17) is 34.8 Å². The minimum Gasteiger partial charge on any atom is -0.352 e.